The van der Waals surface area contributed by atoms with Crippen LogP contribution < -0.4 is 10.6 Å². The number of carbonyl (C=O) groups is 2. The topological polar surface area (TPSA) is 90.2 Å². The van der Waals surface area contributed by atoms with E-state index in [1.807, 2.05) is 52.8 Å². The number of imidazole rings is 1. The monoisotopic (exact) mass is 425 g/mol. The number of aromatic nitrogens is 3. The molecule has 2 heterocycles. The number of ether oxygens (including phenoxy) is 1. The molecule has 3 aromatic rings. The molecular weight excluding hydrogens is 394 g/mol. The molecule has 0 radical (unpaired) electrons. The molecule has 3 rings (SSSR count). The standard InChI is InChI=1S/C23H31N5O3/c1-23(2,3)31-22(30)26-19(21(29)25-10-7-12-28-13-11-24-16-28)14-17-15-27(4)20-9-6-5-8-18(17)20/h5-6,8-9,11,13,15-16,19H,7,10,12,14H2,1-4H3,(H,25,29)(H,26,30). The Morgan fingerprint density at radius 2 is 2.00 bits per heavy atom. The van der Waals surface area contributed by atoms with Crippen LogP contribution in [-0.4, -0.2) is 44.3 Å². The summed E-state index contributed by atoms with van der Waals surface area (Å²) in [6.45, 7) is 6.64. The Labute approximate surface area is 182 Å². The Morgan fingerprint density at radius 3 is 2.71 bits per heavy atom. The fraction of sp³-hybridized carbons (Fsp3) is 0.435. The Hall–Kier alpha value is -3.29. The van der Waals surface area contributed by atoms with Crippen LogP contribution in [0.2, 0.25) is 0 Å². The average Bonchev–Trinajstić information content (AvgIpc) is 3.32. The van der Waals surface area contributed by atoms with Gasteiger partial charge >= 0.3 is 6.09 Å². The highest BCUT2D eigenvalue weighted by Crippen LogP contribution is 2.21. The van der Waals surface area contributed by atoms with E-state index in [4.69, 9.17) is 4.74 Å². The van der Waals surface area contributed by atoms with Crippen molar-refractivity contribution >= 4 is 22.9 Å². The first-order valence-corrected chi connectivity index (χ1v) is 10.5. The summed E-state index contributed by atoms with van der Waals surface area (Å²) in [7, 11) is 1.97. The highest BCUT2D eigenvalue weighted by molar-refractivity contribution is 5.88. The van der Waals surface area contributed by atoms with Crippen LogP contribution in [0.5, 0.6) is 0 Å². The third-order valence-electron chi connectivity index (χ3n) is 4.86. The van der Waals surface area contributed by atoms with Gasteiger partial charge in [-0.25, -0.2) is 9.78 Å². The zero-order chi connectivity index (χ0) is 22.4. The third-order valence-corrected chi connectivity index (χ3v) is 4.86. The Morgan fingerprint density at radius 1 is 1.23 bits per heavy atom. The van der Waals surface area contributed by atoms with Gasteiger partial charge in [0.25, 0.3) is 0 Å². The molecule has 2 aromatic heterocycles. The first-order chi connectivity index (χ1) is 14.7. The van der Waals surface area contributed by atoms with E-state index in [0.717, 1.165) is 29.4 Å². The van der Waals surface area contributed by atoms with Gasteiger partial charge in [-0.2, -0.15) is 0 Å². The molecule has 0 spiro atoms. The second-order valence-corrected chi connectivity index (χ2v) is 8.63. The molecule has 1 atom stereocenters. The molecule has 0 aliphatic heterocycles. The minimum absolute atomic E-state index is 0.232. The number of alkyl carbamates (subject to hydrolysis) is 1. The average molecular weight is 426 g/mol. The van der Waals surface area contributed by atoms with E-state index < -0.39 is 17.7 Å². The van der Waals surface area contributed by atoms with Crippen LogP contribution in [0.25, 0.3) is 10.9 Å². The quantitative estimate of drug-likeness (QED) is 0.543. The molecule has 31 heavy (non-hydrogen) atoms. The van der Waals surface area contributed by atoms with Crippen LogP contribution >= 0.6 is 0 Å². The molecule has 8 heteroatoms. The second-order valence-electron chi connectivity index (χ2n) is 8.63. The van der Waals surface area contributed by atoms with Crippen molar-refractivity contribution in [3.63, 3.8) is 0 Å². The van der Waals surface area contributed by atoms with Gasteiger partial charge in [-0.3, -0.25) is 4.79 Å². The Balaban J connectivity index is 1.68. The highest BCUT2D eigenvalue weighted by atomic mass is 16.6. The summed E-state index contributed by atoms with van der Waals surface area (Å²) < 4.78 is 9.36. The number of rotatable bonds is 8. The van der Waals surface area contributed by atoms with Crippen molar-refractivity contribution < 1.29 is 14.3 Å². The predicted octanol–water partition coefficient (Wildman–Crippen LogP) is 3.02. The van der Waals surface area contributed by atoms with Crippen molar-refractivity contribution in [1.29, 1.82) is 0 Å². The minimum atomic E-state index is -0.742. The number of aryl methyl sites for hydroxylation is 2. The fourth-order valence-corrected chi connectivity index (χ4v) is 3.48. The summed E-state index contributed by atoms with van der Waals surface area (Å²) in [6.07, 6.45) is 7.88. The maximum absolute atomic E-state index is 12.9. The fourth-order valence-electron chi connectivity index (χ4n) is 3.48. The van der Waals surface area contributed by atoms with Crippen LogP contribution in [0.15, 0.2) is 49.2 Å². The number of benzene rings is 1. The summed E-state index contributed by atoms with van der Waals surface area (Å²) >= 11 is 0. The maximum atomic E-state index is 12.9. The summed E-state index contributed by atoms with van der Waals surface area (Å²) in [6, 6.07) is 7.27. The predicted molar refractivity (Wildman–Crippen MR) is 120 cm³/mol. The van der Waals surface area contributed by atoms with Gasteiger partial charge in [-0.15, -0.1) is 0 Å². The van der Waals surface area contributed by atoms with Crippen molar-refractivity contribution in [2.45, 2.75) is 51.8 Å². The van der Waals surface area contributed by atoms with Gasteiger partial charge in [0.1, 0.15) is 11.6 Å². The number of amides is 2. The molecule has 2 N–H and O–H groups in total. The van der Waals surface area contributed by atoms with Gasteiger partial charge < -0.3 is 24.5 Å². The van der Waals surface area contributed by atoms with E-state index in [9.17, 15) is 9.59 Å². The van der Waals surface area contributed by atoms with Crippen LogP contribution in [0.1, 0.15) is 32.8 Å². The minimum Gasteiger partial charge on any atom is -0.444 e. The van der Waals surface area contributed by atoms with E-state index in [-0.39, 0.29) is 5.91 Å². The second kappa shape index (κ2) is 9.68. The normalized spacial score (nSPS) is 12.5. The Kier molecular flexibility index (Phi) is 6.99. The van der Waals surface area contributed by atoms with Crippen LogP contribution in [0.4, 0.5) is 4.79 Å². The van der Waals surface area contributed by atoms with E-state index in [0.29, 0.717) is 13.0 Å². The zero-order valence-corrected chi connectivity index (χ0v) is 18.6. The number of para-hydroxylation sites is 1. The first kappa shape index (κ1) is 22.4. The summed E-state index contributed by atoms with van der Waals surface area (Å²) in [5.41, 5.74) is 1.43. The van der Waals surface area contributed by atoms with Gasteiger partial charge in [0.05, 0.1) is 6.33 Å². The number of nitrogens with one attached hydrogen (secondary N) is 2. The molecule has 0 saturated heterocycles. The summed E-state index contributed by atoms with van der Waals surface area (Å²) in [4.78, 5) is 29.3. The number of hydrogen-bond donors (Lipinski definition) is 2. The molecule has 2 amide bonds. The number of carbonyl (C=O) groups excluding carboxylic acids is 2. The first-order valence-electron chi connectivity index (χ1n) is 10.5. The SMILES string of the molecule is Cn1cc(CC(NC(=O)OC(C)(C)C)C(=O)NCCCn2ccnc2)c2ccccc21. The smallest absolute Gasteiger partial charge is 0.408 e. The third kappa shape index (κ3) is 6.34. The van der Waals surface area contributed by atoms with E-state index in [2.05, 4.69) is 15.6 Å². The molecule has 1 unspecified atom stereocenters. The Bertz CT molecular complexity index is 1020. The van der Waals surface area contributed by atoms with Gasteiger partial charge in [0, 0.05) is 56.1 Å². The van der Waals surface area contributed by atoms with Crippen molar-refractivity contribution in [1.82, 2.24) is 24.8 Å². The van der Waals surface area contributed by atoms with Crippen molar-refractivity contribution in [2.75, 3.05) is 6.54 Å². The lowest BCUT2D eigenvalue weighted by Crippen LogP contribution is -2.49. The number of nitrogens with zero attached hydrogens (tertiary/aromatic N) is 3. The summed E-state index contributed by atoms with van der Waals surface area (Å²) in [5, 5.41) is 6.76. The van der Waals surface area contributed by atoms with Crippen LogP contribution in [0.3, 0.4) is 0 Å². The molecule has 0 saturated carbocycles. The highest BCUT2D eigenvalue weighted by Gasteiger charge is 2.25. The van der Waals surface area contributed by atoms with Crippen molar-refractivity contribution in [2.24, 2.45) is 7.05 Å². The number of hydrogen-bond acceptors (Lipinski definition) is 4. The van der Waals surface area contributed by atoms with Crippen molar-refractivity contribution in [3.05, 3.63) is 54.7 Å². The molecular formula is C23H31N5O3. The van der Waals surface area contributed by atoms with E-state index in [1.165, 1.54) is 0 Å². The van der Waals surface area contributed by atoms with Gasteiger partial charge in [0.2, 0.25) is 5.91 Å². The zero-order valence-electron chi connectivity index (χ0n) is 18.6. The lowest BCUT2D eigenvalue weighted by atomic mass is 10.0. The molecule has 0 bridgehead atoms. The number of fused-ring (bicyclic) bond motifs is 1. The van der Waals surface area contributed by atoms with E-state index in [1.54, 1.807) is 33.3 Å². The van der Waals surface area contributed by atoms with Crippen LogP contribution in [0, 0.1) is 0 Å². The van der Waals surface area contributed by atoms with Gasteiger partial charge in [-0.05, 0) is 38.8 Å². The molecule has 0 fully saturated rings. The maximum Gasteiger partial charge on any atom is 0.408 e. The van der Waals surface area contributed by atoms with E-state index >= 15 is 0 Å². The van der Waals surface area contributed by atoms with Crippen LogP contribution in [-0.2, 0) is 29.5 Å². The van der Waals surface area contributed by atoms with Gasteiger partial charge in [0.15, 0.2) is 0 Å². The lowest BCUT2D eigenvalue weighted by Gasteiger charge is -2.23. The molecule has 1 aromatic carbocycles. The molecule has 0 aliphatic carbocycles. The summed E-state index contributed by atoms with van der Waals surface area (Å²) in [5.74, 6) is -0.232. The lowest BCUT2D eigenvalue weighted by molar-refractivity contribution is -0.123. The molecule has 166 valence electrons. The van der Waals surface area contributed by atoms with Crippen molar-refractivity contribution in [3.8, 4) is 0 Å². The molecule has 8 nitrogen and oxygen atoms in total. The van der Waals surface area contributed by atoms with Gasteiger partial charge in [-0.1, -0.05) is 18.2 Å². The molecule has 0 aliphatic rings. The largest absolute Gasteiger partial charge is 0.444 e.